The molecule has 1 aliphatic heterocycles. The molecule has 1 fully saturated rings. The summed E-state index contributed by atoms with van der Waals surface area (Å²) in [5.41, 5.74) is 2.77. The van der Waals surface area contributed by atoms with Crippen LogP contribution in [0.15, 0.2) is 47.5 Å². The van der Waals surface area contributed by atoms with Crippen LogP contribution in [0.25, 0.3) is 11.3 Å². The van der Waals surface area contributed by atoms with E-state index in [1.54, 1.807) is 24.3 Å². The van der Waals surface area contributed by atoms with Gasteiger partial charge in [0.25, 0.3) is 0 Å². The van der Waals surface area contributed by atoms with Crippen LogP contribution < -0.4 is 4.72 Å². The number of thioether (sulfide) groups is 1. The number of hydrogen-bond donors (Lipinski definition) is 1. The van der Waals surface area contributed by atoms with Gasteiger partial charge in [-0.05, 0) is 43.7 Å². The summed E-state index contributed by atoms with van der Waals surface area (Å²) < 4.78 is 28.7. The fourth-order valence-electron chi connectivity index (χ4n) is 4.44. The van der Waals surface area contributed by atoms with Gasteiger partial charge in [0.1, 0.15) is 11.6 Å². The lowest BCUT2D eigenvalue weighted by Gasteiger charge is -2.19. The topological polar surface area (TPSA) is 89.8 Å². The summed E-state index contributed by atoms with van der Waals surface area (Å²) in [7, 11) is -2.04. The van der Waals surface area contributed by atoms with Crippen LogP contribution in [0.5, 0.6) is 0 Å². The van der Waals surface area contributed by atoms with Gasteiger partial charge in [0.05, 0.1) is 16.0 Å². The van der Waals surface area contributed by atoms with Crippen molar-refractivity contribution in [3.63, 3.8) is 0 Å². The highest BCUT2D eigenvalue weighted by Gasteiger charge is 2.51. The van der Waals surface area contributed by atoms with Gasteiger partial charge in [-0.1, -0.05) is 32.0 Å². The van der Waals surface area contributed by atoms with E-state index in [0.29, 0.717) is 0 Å². The monoisotopic (exact) mass is 469 g/mol. The molecule has 0 spiro atoms. The van der Waals surface area contributed by atoms with Gasteiger partial charge in [-0.3, -0.25) is 4.98 Å². The zero-order valence-electron chi connectivity index (χ0n) is 18.5. The average molecular weight is 470 g/mol. The fourth-order valence-corrected chi connectivity index (χ4v) is 6.22. The molecular weight excluding hydrogens is 442 g/mol. The molecule has 1 aliphatic carbocycles. The van der Waals surface area contributed by atoms with Gasteiger partial charge in [-0.2, -0.15) is 11.8 Å². The Kier molecular flexibility index (Phi) is 5.18. The number of nitrogens with one attached hydrogen (secondary N) is 1. The van der Waals surface area contributed by atoms with Gasteiger partial charge in [0.2, 0.25) is 10.0 Å². The van der Waals surface area contributed by atoms with Crippen molar-refractivity contribution in [2.75, 3.05) is 12.8 Å². The molecule has 0 unspecified atom stereocenters. The van der Waals surface area contributed by atoms with Gasteiger partial charge in [-0.15, -0.1) is 10.2 Å². The van der Waals surface area contributed by atoms with Crippen LogP contribution in [0.2, 0.25) is 0 Å². The number of rotatable bonds is 5. The summed E-state index contributed by atoms with van der Waals surface area (Å²) in [5.74, 6) is 3.22. The molecule has 9 heteroatoms. The third-order valence-electron chi connectivity index (χ3n) is 6.44. The standard InChI is InChI=1S/C23H27N5O2S2/c1-22(2)14-20-26-27-21(28(20)12-13-31-22)23(10-11-23)17-6-9-19(25-15-17)16-4-7-18(8-5-16)32(29,30)24-3/h4-9,15,24H,10-14H2,1-3H3. The first-order valence-corrected chi connectivity index (χ1v) is 13.3. The molecule has 1 aromatic carbocycles. The molecule has 3 heterocycles. The fraction of sp³-hybridized carbons (Fsp3) is 0.435. The third-order valence-corrected chi connectivity index (χ3v) is 9.18. The number of aromatic nitrogens is 4. The van der Waals surface area contributed by atoms with E-state index in [9.17, 15) is 8.42 Å². The summed E-state index contributed by atoms with van der Waals surface area (Å²) in [6.45, 7) is 5.50. The van der Waals surface area contributed by atoms with Gasteiger partial charge in [0, 0.05) is 35.2 Å². The first-order chi connectivity index (χ1) is 15.2. The van der Waals surface area contributed by atoms with Crippen molar-refractivity contribution in [3.05, 3.63) is 59.8 Å². The molecule has 0 atom stereocenters. The van der Waals surface area contributed by atoms with Crippen LogP contribution >= 0.6 is 11.8 Å². The number of pyridine rings is 1. The molecule has 32 heavy (non-hydrogen) atoms. The lowest BCUT2D eigenvalue weighted by molar-refractivity contribution is 0.588. The maximum absolute atomic E-state index is 11.9. The predicted molar refractivity (Wildman–Crippen MR) is 126 cm³/mol. The molecule has 0 bridgehead atoms. The Morgan fingerprint density at radius 1 is 1.06 bits per heavy atom. The van der Waals surface area contributed by atoms with Crippen LogP contribution in [-0.4, -0.2) is 45.7 Å². The normalized spacial score (nSPS) is 19.2. The summed E-state index contributed by atoms with van der Waals surface area (Å²) >= 11 is 2.00. The maximum Gasteiger partial charge on any atom is 0.240 e. The molecule has 0 amide bonds. The molecule has 0 radical (unpaired) electrons. The van der Waals surface area contributed by atoms with E-state index in [2.05, 4.69) is 39.4 Å². The lowest BCUT2D eigenvalue weighted by Crippen LogP contribution is -2.20. The summed E-state index contributed by atoms with van der Waals surface area (Å²) in [4.78, 5) is 4.95. The third kappa shape index (κ3) is 3.76. The van der Waals surface area contributed by atoms with E-state index in [4.69, 9.17) is 4.98 Å². The van der Waals surface area contributed by atoms with Gasteiger partial charge < -0.3 is 4.57 Å². The van der Waals surface area contributed by atoms with Gasteiger partial charge in [0.15, 0.2) is 0 Å². The van der Waals surface area contributed by atoms with E-state index in [0.717, 1.165) is 54.5 Å². The van der Waals surface area contributed by atoms with Crippen LogP contribution in [0.3, 0.4) is 0 Å². The minimum atomic E-state index is -3.44. The van der Waals surface area contributed by atoms with Crippen molar-refractivity contribution in [1.29, 1.82) is 0 Å². The minimum absolute atomic E-state index is 0.0966. The van der Waals surface area contributed by atoms with Crippen LogP contribution in [0.4, 0.5) is 0 Å². The maximum atomic E-state index is 11.9. The first kappa shape index (κ1) is 21.6. The molecule has 2 aliphatic rings. The SMILES string of the molecule is CNS(=O)(=O)c1ccc(-c2ccc(C3(c4nnc5n4CCSC(C)(C)C5)CC3)cn2)cc1. The zero-order valence-corrected chi connectivity index (χ0v) is 20.1. The zero-order chi connectivity index (χ0) is 22.6. The molecule has 1 saturated carbocycles. The molecule has 5 rings (SSSR count). The number of benzene rings is 1. The van der Waals surface area contributed by atoms with Crippen molar-refractivity contribution < 1.29 is 8.42 Å². The number of nitrogens with zero attached hydrogens (tertiary/aromatic N) is 4. The smallest absolute Gasteiger partial charge is 0.240 e. The Morgan fingerprint density at radius 2 is 1.81 bits per heavy atom. The molecule has 168 valence electrons. The van der Waals surface area contributed by atoms with E-state index in [1.165, 1.54) is 12.6 Å². The van der Waals surface area contributed by atoms with E-state index >= 15 is 0 Å². The van der Waals surface area contributed by atoms with Crippen LogP contribution in [0.1, 0.15) is 43.9 Å². The molecular formula is C23H27N5O2S2. The van der Waals surface area contributed by atoms with E-state index < -0.39 is 10.0 Å². The Labute approximate surface area is 193 Å². The predicted octanol–water partition coefficient (Wildman–Crippen LogP) is 3.40. The second-order valence-electron chi connectivity index (χ2n) is 9.12. The average Bonchev–Trinajstić information content (AvgIpc) is 3.53. The van der Waals surface area contributed by atoms with Crippen LogP contribution in [0, 0.1) is 0 Å². The highest BCUT2D eigenvalue weighted by atomic mass is 32.2. The largest absolute Gasteiger partial charge is 0.313 e. The lowest BCUT2D eigenvalue weighted by atomic mass is 9.95. The van der Waals surface area contributed by atoms with Crippen molar-refractivity contribution >= 4 is 21.8 Å². The number of fused-ring (bicyclic) bond motifs is 1. The summed E-state index contributed by atoms with van der Waals surface area (Å²) in [6.07, 6.45) is 4.98. The molecule has 7 nitrogen and oxygen atoms in total. The molecule has 3 aromatic rings. The molecule has 2 aromatic heterocycles. The molecule has 1 N–H and O–H groups in total. The quantitative estimate of drug-likeness (QED) is 0.616. The Balaban J connectivity index is 1.42. The highest BCUT2D eigenvalue weighted by Crippen LogP contribution is 2.53. The van der Waals surface area contributed by atoms with E-state index in [1.807, 2.05) is 24.0 Å². The number of hydrogen-bond acceptors (Lipinski definition) is 6. The second kappa shape index (κ2) is 7.67. The Bertz CT molecular complexity index is 1240. The van der Waals surface area contributed by atoms with Crippen molar-refractivity contribution in [3.8, 4) is 11.3 Å². The Hall–Kier alpha value is -2.23. The van der Waals surface area contributed by atoms with E-state index in [-0.39, 0.29) is 15.1 Å². The van der Waals surface area contributed by atoms with Crippen LogP contribution in [-0.2, 0) is 28.4 Å². The summed E-state index contributed by atoms with van der Waals surface area (Å²) in [5, 5.41) is 9.22. The number of sulfonamides is 1. The van der Waals surface area contributed by atoms with Crippen molar-refractivity contribution in [2.45, 2.75) is 54.7 Å². The van der Waals surface area contributed by atoms with Crippen molar-refractivity contribution in [1.82, 2.24) is 24.5 Å². The van der Waals surface area contributed by atoms with Gasteiger partial charge in [-0.25, -0.2) is 13.1 Å². The highest BCUT2D eigenvalue weighted by molar-refractivity contribution is 8.00. The molecule has 0 saturated heterocycles. The minimum Gasteiger partial charge on any atom is -0.313 e. The Morgan fingerprint density at radius 3 is 2.44 bits per heavy atom. The van der Waals surface area contributed by atoms with Crippen molar-refractivity contribution in [2.24, 2.45) is 0 Å². The summed E-state index contributed by atoms with van der Waals surface area (Å²) in [6, 6.07) is 10.9. The first-order valence-electron chi connectivity index (χ1n) is 10.8. The second-order valence-corrected chi connectivity index (χ2v) is 12.8. The van der Waals surface area contributed by atoms with Gasteiger partial charge >= 0.3 is 0 Å².